The zero-order valence-corrected chi connectivity index (χ0v) is 8.55. The van der Waals surface area contributed by atoms with Crippen LogP contribution in [-0.4, -0.2) is 24.4 Å². The van der Waals surface area contributed by atoms with Crippen molar-refractivity contribution in [3.8, 4) is 0 Å². The summed E-state index contributed by atoms with van der Waals surface area (Å²) in [5.41, 5.74) is 4.52. The minimum absolute atomic E-state index is 0.336. The van der Waals surface area contributed by atoms with Crippen LogP contribution in [0.15, 0.2) is 12.1 Å². The van der Waals surface area contributed by atoms with Crippen molar-refractivity contribution in [2.24, 2.45) is 0 Å². The summed E-state index contributed by atoms with van der Waals surface area (Å²) in [4.78, 5) is 12.8. The predicted octanol–water partition coefficient (Wildman–Crippen LogP) is 1.64. The molecule has 5 heteroatoms. The summed E-state index contributed by atoms with van der Waals surface area (Å²) in [5, 5.41) is 0. The van der Waals surface area contributed by atoms with Gasteiger partial charge in [-0.2, -0.15) is 0 Å². The minimum Gasteiger partial charge on any atom is -0.396 e. The van der Waals surface area contributed by atoms with Crippen LogP contribution < -0.4 is 5.73 Å². The zero-order chi connectivity index (χ0) is 11.6. The minimum atomic E-state index is -0.873. The van der Waals surface area contributed by atoms with Crippen LogP contribution in [0.4, 0.5) is 14.5 Å². The SMILES string of the molecule is CCN(C)C(=O)c1cc(F)cc(N)c1F. The number of rotatable bonds is 2. The number of amides is 1. The van der Waals surface area contributed by atoms with Gasteiger partial charge >= 0.3 is 0 Å². The molecular formula is C10H12F2N2O. The molecule has 0 saturated heterocycles. The smallest absolute Gasteiger partial charge is 0.256 e. The van der Waals surface area contributed by atoms with Crippen molar-refractivity contribution in [2.45, 2.75) is 6.92 Å². The average Bonchev–Trinajstić information content (AvgIpc) is 2.21. The molecule has 0 atom stereocenters. The van der Waals surface area contributed by atoms with Crippen LogP contribution >= 0.6 is 0 Å². The highest BCUT2D eigenvalue weighted by molar-refractivity contribution is 5.95. The molecule has 15 heavy (non-hydrogen) atoms. The molecule has 3 nitrogen and oxygen atoms in total. The molecule has 1 aromatic carbocycles. The fourth-order valence-electron chi connectivity index (χ4n) is 1.12. The molecule has 1 rings (SSSR count). The summed E-state index contributed by atoms with van der Waals surface area (Å²) in [5.74, 6) is -2.18. The molecule has 1 aromatic rings. The van der Waals surface area contributed by atoms with Gasteiger partial charge in [0.1, 0.15) is 5.82 Å². The van der Waals surface area contributed by atoms with Crippen LogP contribution in [0, 0.1) is 11.6 Å². The first kappa shape index (κ1) is 11.4. The topological polar surface area (TPSA) is 46.3 Å². The molecule has 82 valence electrons. The number of carbonyl (C=O) groups excluding carboxylic acids is 1. The first-order valence-electron chi connectivity index (χ1n) is 4.47. The van der Waals surface area contributed by atoms with Gasteiger partial charge in [-0.05, 0) is 19.1 Å². The van der Waals surface area contributed by atoms with Crippen LogP contribution in [0.1, 0.15) is 17.3 Å². The summed E-state index contributed by atoms with van der Waals surface area (Å²) >= 11 is 0. The highest BCUT2D eigenvalue weighted by atomic mass is 19.1. The Labute approximate surface area is 86.5 Å². The molecule has 2 N–H and O–H groups in total. The molecule has 0 unspecified atom stereocenters. The van der Waals surface area contributed by atoms with Gasteiger partial charge in [-0.1, -0.05) is 0 Å². The Bertz CT molecular complexity index is 393. The normalized spacial score (nSPS) is 10.1. The van der Waals surface area contributed by atoms with Crippen molar-refractivity contribution in [1.29, 1.82) is 0 Å². The van der Waals surface area contributed by atoms with E-state index in [1.54, 1.807) is 6.92 Å². The largest absolute Gasteiger partial charge is 0.396 e. The monoisotopic (exact) mass is 214 g/mol. The standard InChI is InChI=1S/C10H12F2N2O/c1-3-14(2)10(15)7-4-6(11)5-8(13)9(7)12/h4-5H,3,13H2,1-2H3. The van der Waals surface area contributed by atoms with Gasteiger partial charge in [-0.25, -0.2) is 8.78 Å². The van der Waals surface area contributed by atoms with E-state index in [4.69, 9.17) is 5.73 Å². The Morgan fingerprint density at radius 1 is 1.47 bits per heavy atom. The maximum absolute atomic E-state index is 13.4. The lowest BCUT2D eigenvalue weighted by Gasteiger charge is -2.15. The Hall–Kier alpha value is -1.65. The number of nitrogens with zero attached hydrogens (tertiary/aromatic N) is 1. The highest BCUT2D eigenvalue weighted by Crippen LogP contribution is 2.18. The molecule has 0 bridgehead atoms. The lowest BCUT2D eigenvalue weighted by atomic mass is 10.1. The molecule has 0 fully saturated rings. The number of halogens is 2. The van der Waals surface area contributed by atoms with E-state index in [0.717, 1.165) is 12.1 Å². The quantitative estimate of drug-likeness (QED) is 0.761. The summed E-state index contributed by atoms with van der Waals surface area (Å²) in [6, 6.07) is 1.69. The van der Waals surface area contributed by atoms with E-state index in [1.165, 1.54) is 11.9 Å². The number of nitrogens with two attached hydrogens (primary N) is 1. The lowest BCUT2D eigenvalue weighted by Crippen LogP contribution is -2.27. The fourth-order valence-corrected chi connectivity index (χ4v) is 1.12. The highest BCUT2D eigenvalue weighted by Gasteiger charge is 2.18. The number of nitrogen functional groups attached to an aromatic ring is 1. The maximum Gasteiger partial charge on any atom is 0.256 e. The fraction of sp³-hybridized carbons (Fsp3) is 0.300. The van der Waals surface area contributed by atoms with E-state index >= 15 is 0 Å². The third-order valence-electron chi connectivity index (χ3n) is 2.12. The Morgan fingerprint density at radius 3 is 2.60 bits per heavy atom. The second kappa shape index (κ2) is 4.25. The van der Waals surface area contributed by atoms with Gasteiger partial charge in [0, 0.05) is 13.6 Å². The summed E-state index contributed by atoms with van der Waals surface area (Å²) in [7, 11) is 1.50. The van der Waals surface area contributed by atoms with E-state index < -0.39 is 17.5 Å². The molecule has 0 spiro atoms. The first-order valence-corrected chi connectivity index (χ1v) is 4.47. The van der Waals surface area contributed by atoms with Crippen LogP contribution in [0.2, 0.25) is 0 Å². The number of benzene rings is 1. The molecule has 0 heterocycles. The summed E-state index contributed by atoms with van der Waals surface area (Å²) in [6.45, 7) is 2.15. The maximum atomic E-state index is 13.4. The second-order valence-corrected chi connectivity index (χ2v) is 3.18. The molecule has 0 aliphatic heterocycles. The van der Waals surface area contributed by atoms with Gasteiger partial charge in [-0.15, -0.1) is 0 Å². The number of hydrogen-bond donors (Lipinski definition) is 1. The summed E-state index contributed by atoms with van der Waals surface area (Å²) in [6.07, 6.45) is 0. The Balaban J connectivity index is 3.19. The lowest BCUT2D eigenvalue weighted by molar-refractivity contribution is 0.0797. The van der Waals surface area contributed by atoms with Crippen LogP contribution in [0.5, 0.6) is 0 Å². The van der Waals surface area contributed by atoms with Crippen molar-refractivity contribution in [3.05, 3.63) is 29.3 Å². The van der Waals surface area contributed by atoms with Gasteiger partial charge in [0.2, 0.25) is 0 Å². The van der Waals surface area contributed by atoms with Gasteiger partial charge in [0.25, 0.3) is 5.91 Å². The van der Waals surface area contributed by atoms with Gasteiger partial charge < -0.3 is 10.6 Å². The number of hydrogen-bond acceptors (Lipinski definition) is 2. The molecule has 0 aliphatic rings. The molecule has 0 aromatic heterocycles. The molecule has 0 aliphatic carbocycles. The van der Waals surface area contributed by atoms with Crippen molar-refractivity contribution in [3.63, 3.8) is 0 Å². The van der Waals surface area contributed by atoms with Crippen LogP contribution in [0.3, 0.4) is 0 Å². The van der Waals surface area contributed by atoms with Crippen molar-refractivity contribution < 1.29 is 13.6 Å². The molecule has 1 amide bonds. The van der Waals surface area contributed by atoms with Crippen molar-refractivity contribution in [2.75, 3.05) is 19.3 Å². The predicted molar refractivity (Wildman–Crippen MR) is 53.4 cm³/mol. The van der Waals surface area contributed by atoms with Crippen molar-refractivity contribution in [1.82, 2.24) is 4.90 Å². The first-order chi connectivity index (χ1) is 6.97. The number of anilines is 1. The van der Waals surface area contributed by atoms with Crippen LogP contribution in [0.25, 0.3) is 0 Å². The van der Waals surface area contributed by atoms with Gasteiger partial charge in [0.05, 0.1) is 11.3 Å². The molecular weight excluding hydrogens is 202 g/mol. The third-order valence-corrected chi connectivity index (χ3v) is 2.12. The van der Waals surface area contributed by atoms with E-state index in [9.17, 15) is 13.6 Å². The molecule has 0 radical (unpaired) electrons. The van der Waals surface area contributed by atoms with Gasteiger partial charge in [-0.3, -0.25) is 4.79 Å². The molecule has 0 saturated carbocycles. The van der Waals surface area contributed by atoms with E-state index in [1.807, 2.05) is 0 Å². The van der Waals surface area contributed by atoms with Crippen LogP contribution in [-0.2, 0) is 0 Å². The second-order valence-electron chi connectivity index (χ2n) is 3.18. The third kappa shape index (κ3) is 2.23. The summed E-state index contributed by atoms with van der Waals surface area (Å²) < 4.78 is 26.3. The van der Waals surface area contributed by atoms with Crippen molar-refractivity contribution >= 4 is 11.6 Å². The van der Waals surface area contributed by atoms with Gasteiger partial charge in [0.15, 0.2) is 5.82 Å². The number of carbonyl (C=O) groups is 1. The zero-order valence-electron chi connectivity index (χ0n) is 8.55. The average molecular weight is 214 g/mol. The van der Waals surface area contributed by atoms with E-state index in [-0.39, 0.29) is 11.3 Å². The van der Waals surface area contributed by atoms with E-state index in [0.29, 0.717) is 6.54 Å². The Morgan fingerprint density at radius 2 is 2.07 bits per heavy atom. The van der Waals surface area contributed by atoms with E-state index in [2.05, 4.69) is 0 Å². The Kier molecular flexibility index (Phi) is 3.24.